The number of aromatic amines is 1. The van der Waals surface area contributed by atoms with Crippen LogP contribution in [-0.4, -0.2) is 16.9 Å². The molecule has 3 heteroatoms. The molecule has 1 aliphatic carbocycles. The largest absolute Gasteiger partial charge is 0.367 e. The van der Waals surface area contributed by atoms with E-state index in [9.17, 15) is 4.79 Å². The number of carbonyl (C=O) groups is 1. The topological polar surface area (TPSA) is 44.9 Å². The van der Waals surface area contributed by atoms with Crippen LogP contribution in [0.3, 0.4) is 0 Å². The molecule has 2 rings (SSSR count). The lowest BCUT2D eigenvalue weighted by atomic mass is 10.3. The summed E-state index contributed by atoms with van der Waals surface area (Å²) in [7, 11) is 0. The number of aromatic nitrogens is 1. The van der Waals surface area contributed by atoms with Gasteiger partial charge in [0.25, 0.3) is 0 Å². The average Bonchev–Trinajstić information content (AvgIpc) is 2.78. The van der Waals surface area contributed by atoms with Crippen molar-refractivity contribution in [2.24, 2.45) is 0 Å². The second kappa shape index (κ2) is 3.47. The van der Waals surface area contributed by atoms with Gasteiger partial charge in [0, 0.05) is 24.5 Å². The zero-order valence-electron chi connectivity index (χ0n) is 7.29. The Labute approximate surface area is 76.8 Å². The summed E-state index contributed by atoms with van der Waals surface area (Å²) in [5, 5.41) is 2.88. The van der Waals surface area contributed by atoms with Gasteiger partial charge in [-0.1, -0.05) is 0 Å². The quantitative estimate of drug-likeness (QED) is 0.670. The lowest BCUT2D eigenvalue weighted by Gasteiger charge is -1.95. The van der Waals surface area contributed by atoms with Gasteiger partial charge in [0.2, 0.25) is 5.91 Å². The zero-order chi connectivity index (χ0) is 9.10. The Kier molecular flexibility index (Phi) is 2.17. The summed E-state index contributed by atoms with van der Waals surface area (Å²) in [5.74, 6) is 0.00343. The molecule has 0 radical (unpaired) electrons. The fourth-order valence-corrected chi connectivity index (χ4v) is 1.09. The summed E-state index contributed by atoms with van der Waals surface area (Å²) in [4.78, 5) is 14.1. The summed E-state index contributed by atoms with van der Waals surface area (Å²) < 4.78 is 0. The van der Waals surface area contributed by atoms with E-state index in [2.05, 4.69) is 10.3 Å². The molecule has 1 heterocycles. The van der Waals surface area contributed by atoms with E-state index in [4.69, 9.17) is 0 Å². The van der Waals surface area contributed by atoms with Crippen molar-refractivity contribution in [3.8, 4) is 0 Å². The predicted molar refractivity (Wildman–Crippen MR) is 51.0 cm³/mol. The van der Waals surface area contributed by atoms with Gasteiger partial charge in [0.15, 0.2) is 0 Å². The Morgan fingerprint density at radius 2 is 2.46 bits per heavy atom. The first-order chi connectivity index (χ1) is 6.34. The molecule has 0 atom stereocenters. The molecule has 0 spiro atoms. The Morgan fingerprint density at radius 3 is 3.08 bits per heavy atom. The number of H-pyrrole nitrogens is 1. The van der Waals surface area contributed by atoms with Crippen molar-refractivity contribution in [3.05, 3.63) is 30.1 Å². The SMILES string of the molecule is O=C(/C=C/c1cc[nH]c1)NC1CC1. The number of nitrogens with one attached hydrogen (secondary N) is 2. The van der Waals surface area contributed by atoms with Crippen LogP contribution in [-0.2, 0) is 4.79 Å². The monoisotopic (exact) mass is 176 g/mol. The molecule has 3 nitrogen and oxygen atoms in total. The molecular weight excluding hydrogens is 164 g/mol. The van der Waals surface area contributed by atoms with Crippen LogP contribution in [0.2, 0.25) is 0 Å². The number of hydrogen-bond donors (Lipinski definition) is 2. The minimum absolute atomic E-state index is 0.00343. The van der Waals surface area contributed by atoms with Crippen LogP contribution in [0.5, 0.6) is 0 Å². The first kappa shape index (κ1) is 8.10. The summed E-state index contributed by atoms with van der Waals surface area (Å²) >= 11 is 0. The summed E-state index contributed by atoms with van der Waals surface area (Å²) in [6.07, 6.45) is 9.31. The van der Waals surface area contributed by atoms with Crippen LogP contribution in [0.25, 0.3) is 6.08 Å². The van der Waals surface area contributed by atoms with Gasteiger partial charge in [-0.05, 0) is 30.5 Å². The van der Waals surface area contributed by atoms with Crippen molar-refractivity contribution >= 4 is 12.0 Å². The molecule has 1 aliphatic rings. The van der Waals surface area contributed by atoms with E-state index in [1.807, 2.05) is 18.5 Å². The highest BCUT2D eigenvalue weighted by Gasteiger charge is 2.21. The third-order valence-electron chi connectivity index (χ3n) is 1.97. The molecule has 68 valence electrons. The van der Waals surface area contributed by atoms with Gasteiger partial charge in [-0.3, -0.25) is 4.79 Å². The van der Waals surface area contributed by atoms with Crippen molar-refractivity contribution in [3.63, 3.8) is 0 Å². The summed E-state index contributed by atoms with van der Waals surface area (Å²) in [6.45, 7) is 0. The van der Waals surface area contributed by atoms with Crippen LogP contribution < -0.4 is 5.32 Å². The van der Waals surface area contributed by atoms with Gasteiger partial charge >= 0.3 is 0 Å². The van der Waals surface area contributed by atoms with Crippen molar-refractivity contribution < 1.29 is 4.79 Å². The molecule has 0 aromatic carbocycles. The van der Waals surface area contributed by atoms with E-state index in [-0.39, 0.29) is 5.91 Å². The Bertz CT molecular complexity index is 310. The fraction of sp³-hybridized carbons (Fsp3) is 0.300. The number of carbonyl (C=O) groups excluding carboxylic acids is 1. The van der Waals surface area contributed by atoms with E-state index >= 15 is 0 Å². The average molecular weight is 176 g/mol. The molecule has 2 N–H and O–H groups in total. The standard InChI is InChI=1S/C10H12N2O/c13-10(12-9-2-3-9)4-1-8-5-6-11-7-8/h1,4-7,9,11H,2-3H2,(H,12,13)/b4-1+. The molecule has 1 amide bonds. The first-order valence-corrected chi connectivity index (χ1v) is 4.46. The Balaban J connectivity index is 1.85. The van der Waals surface area contributed by atoms with Crippen molar-refractivity contribution in [1.82, 2.24) is 10.3 Å². The van der Waals surface area contributed by atoms with Gasteiger partial charge in [-0.2, -0.15) is 0 Å². The molecule has 1 saturated carbocycles. The van der Waals surface area contributed by atoms with Crippen molar-refractivity contribution in [2.75, 3.05) is 0 Å². The van der Waals surface area contributed by atoms with E-state index < -0.39 is 0 Å². The van der Waals surface area contributed by atoms with Gasteiger partial charge < -0.3 is 10.3 Å². The molecule has 0 saturated heterocycles. The van der Waals surface area contributed by atoms with Crippen LogP contribution in [0.1, 0.15) is 18.4 Å². The maximum absolute atomic E-state index is 11.2. The third kappa shape index (κ3) is 2.47. The third-order valence-corrected chi connectivity index (χ3v) is 1.97. The van der Waals surface area contributed by atoms with E-state index in [0.29, 0.717) is 6.04 Å². The minimum Gasteiger partial charge on any atom is -0.367 e. The molecule has 0 aliphatic heterocycles. The first-order valence-electron chi connectivity index (χ1n) is 4.46. The minimum atomic E-state index is 0.00343. The highest BCUT2D eigenvalue weighted by molar-refractivity contribution is 5.92. The highest BCUT2D eigenvalue weighted by Crippen LogP contribution is 2.18. The van der Waals surface area contributed by atoms with Crippen molar-refractivity contribution in [2.45, 2.75) is 18.9 Å². The molecule has 1 fully saturated rings. The van der Waals surface area contributed by atoms with Crippen LogP contribution in [0.4, 0.5) is 0 Å². The van der Waals surface area contributed by atoms with E-state index in [1.165, 1.54) is 0 Å². The van der Waals surface area contributed by atoms with Crippen LogP contribution in [0.15, 0.2) is 24.5 Å². The number of amides is 1. The molecular formula is C10H12N2O. The second-order valence-electron chi connectivity index (χ2n) is 3.26. The van der Waals surface area contributed by atoms with Gasteiger partial charge in [-0.15, -0.1) is 0 Å². The molecule has 13 heavy (non-hydrogen) atoms. The maximum atomic E-state index is 11.2. The molecule has 1 aromatic heterocycles. The van der Waals surface area contributed by atoms with Crippen molar-refractivity contribution in [1.29, 1.82) is 0 Å². The van der Waals surface area contributed by atoms with E-state index in [0.717, 1.165) is 18.4 Å². The maximum Gasteiger partial charge on any atom is 0.244 e. The predicted octanol–water partition coefficient (Wildman–Crippen LogP) is 1.31. The number of hydrogen-bond acceptors (Lipinski definition) is 1. The van der Waals surface area contributed by atoms with Gasteiger partial charge in [0.05, 0.1) is 0 Å². The Morgan fingerprint density at radius 1 is 1.62 bits per heavy atom. The lowest BCUT2D eigenvalue weighted by molar-refractivity contribution is -0.116. The lowest BCUT2D eigenvalue weighted by Crippen LogP contribution is -2.22. The van der Waals surface area contributed by atoms with Gasteiger partial charge in [-0.25, -0.2) is 0 Å². The van der Waals surface area contributed by atoms with Crippen LogP contribution in [0, 0.1) is 0 Å². The molecule has 0 unspecified atom stereocenters. The molecule has 0 bridgehead atoms. The zero-order valence-corrected chi connectivity index (χ0v) is 7.29. The summed E-state index contributed by atoms with van der Waals surface area (Å²) in [5.41, 5.74) is 1.02. The Hall–Kier alpha value is -1.51. The van der Waals surface area contributed by atoms with Crippen LogP contribution >= 0.6 is 0 Å². The normalized spacial score (nSPS) is 16.3. The van der Waals surface area contributed by atoms with E-state index in [1.54, 1.807) is 12.2 Å². The highest BCUT2D eigenvalue weighted by atomic mass is 16.1. The molecule has 1 aromatic rings. The number of rotatable bonds is 3. The summed E-state index contributed by atoms with van der Waals surface area (Å²) in [6, 6.07) is 2.35. The second-order valence-corrected chi connectivity index (χ2v) is 3.26. The smallest absolute Gasteiger partial charge is 0.244 e. The van der Waals surface area contributed by atoms with Gasteiger partial charge in [0.1, 0.15) is 0 Å². The fourth-order valence-electron chi connectivity index (χ4n) is 1.09.